The van der Waals surface area contributed by atoms with Gasteiger partial charge in [0.1, 0.15) is 5.75 Å². The molecule has 1 heterocycles. The number of rotatable bonds is 7. The number of nitrogens with one attached hydrogen (secondary N) is 1. The zero-order chi connectivity index (χ0) is 20.1. The summed E-state index contributed by atoms with van der Waals surface area (Å²) in [6.45, 7) is 3.61. The van der Waals surface area contributed by atoms with E-state index in [0.717, 1.165) is 23.4 Å². The van der Waals surface area contributed by atoms with E-state index in [1.165, 1.54) is 22.2 Å². The number of nitrogens with zero attached hydrogens (tertiary/aromatic N) is 2. The van der Waals surface area contributed by atoms with Gasteiger partial charge in [-0.1, -0.05) is 66.7 Å². The molecular weight excluding hydrogens is 358 g/mol. The van der Waals surface area contributed by atoms with Crippen LogP contribution in [-0.4, -0.2) is 17.9 Å². The lowest BCUT2D eigenvalue weighted by Crippen LogP contribution is -2.07. The van der Waals surface area contributed by atoms with Crippen LogP contribution < -0.4 is 10.2 Å². The highest BCUT2D eigenvalue weighted by atomic mass is 16.5. The van der Waals surface area contributed by atoms with Crippen LogP contribution in [0, 0.1) is 6.92 Å². The molecule has 4 nitrogen and oxygen atoms in total. The Morgan fingerprint density at radius 3 is 2.48 bits per heavy atom. The third kappa shape index (κ3) is 4.02. The summed E-state index contributed by atoms with van der Waals surface area (Å²) in [6.07, 6.45) is 1.93. The number of ether oxygens (including phenoxy) is 1. The second-order valence-corrected chi connectivity index (χ2v) is 6.99. The van der Waals surface area contributed by atoms with Crippen LogP contribution in [0.5, 0.6) is 5.75 Å². The molecule has 0 radical (unpaired) electrons. The predicted molar refractivity (Wildman–Crippen MR) is 120 cm³/mol. The van der Waals surface area contributed by atoms with Crippen molar-refractivity contribution >= 4 is 17.1 Å². The Balaban J connectivity index is 1.59. The number of para-hydroxylation sites is 2. The van der Waals surface area contributed by atoms with Gasteiger partial charge in [-0.25, -0.2) is 0 Å². The van der Waals surface area contributed by atoms with Crippen molar-refractivity contribution in [2.24, 2.45) is 5.10 Å². The molecule has 0 saturated heterocycles. The lowest BCUT2D eigenvalue weighted by atomic mass is 10.1. The van der Waals surface area contributed by atoms with E-state index in [0.29, 0.717) is 6.54 Å². The van der Waals surface area contributed by atoms with Crippen LogP contribution in [0.15, 0.2) is 84.0 Å². The second-order valence-electron chi connectivity index (χ2n) is 6.99. The van der Waals surface area contributed by atoms with Crippen LogP contribution in [0.25, 0.3) is 10.9 Å². The molecule has 0 amide bonds. The van der Waals surface area contributed by atoms with Crippen LogP contribution in [0.1, 0.15) is 22.4 Å². The number of hydrogen-bond acceptors (Lipinski definition) is 3. The maximum atomic E-state index is 5.40. The van der Waals surface area contributed by atoms with Crippen LogP contribution in [0.4, 0.5) is 0 Å². The molecular formula is C25H25N3O. The van der Waals surface area contributed by atoms with Gasteiger partial charge in [-0.05, 0) is 24.6 Å². The average molecular weight is 383 g/mol. The Hall–Kier alpha value is -3.53. The predicted octanol–water partition coefficient (Wildman–Crippen LogP) is 5.13. The molecule has 0 fully saturated rings. The van der Waals surface area contributed by atoms with Gasteiger partial charge in [0, 0.05) is 34.3 Å². The summed E-state index contributed by atoms with van der Waals surface area (Å²) in [7, 11) is 1.69. The van der Waals surface area contributed by atoms with Crippen molar-refractivity contribution in [3.8, 4) is 5.75 Å². The molecule has 4 rings (SSSR count). The maximum Gasteiger partial charge on any atom is 0.123 e. The van der Waals surface area contributed by atoms with E-state index in [9.17, 15) is 0 Å². The van der Waals surface area contributed by atoms with Gasteiger partial charge in [0.25, 0.3) is 0 Å². The minimum absolute atomic E-state index is 0.613. The van der Waals surface area contributed by atoms with Crippen LogP contribution in [0.3, 0.4) is 0 Å². The number of hydrogen-bond donors (Lipinski definition) is 1. The molecule has 0 aliphatic heterocycles. The summed E-state index contributed by atoms with van der Waals surface area (Å²) in [5.41, 5.74) is 9.09. The van der Waals surface area contributed by atoms with Crippen LogP contribution in [-0.2, 0) is 13.1 Å². The largest absolute Gasteiger partial charge is 0.496 e. The fraction of sp³-hybridized carbons (Fsp3) is 0.160. The Kier molecular flexibility index (Phi) is 5.61. The minimum atomic E-state index is 0.613. The quantitative estimate of drug-likeness (QED) is 0.355. The Morgan fingerprint density at radius 2 is 1.66 bits per heavy atom. The number of benzene rings is 3. The molecule has 0 aliphatic rings. The molecule has 0 bridgehead atoms. The highest BCUT2D eigenvalue weighted by molar-refractivity contribution is 6.01. The Morgan fingerprint density at radius 1 is 0.931 bits per heavy atom. The van der Waals surface area contributed by atoms with Crippen LogP contribution >= 0.6 is 0 Å². The average Bonchev–Trinajstić information content (AvgIpc) is 3.03. The topological polar surface area (TPSA) is 38.5 Å². The SMILES string of the molecule is COc1ccccc1CN/N=C/c1c(C)n(Cc2ccccc2)c2ccccc12. The first-order chi connectivity index (χ1) is 14.3. The third-order valence-corrected chi connectivity index (χ3v) is 5.21. The monoisotopic (exact) mass is 383 g/mol. The van der Waals surface area contributed by atoms with E-state index in [-0.39, 0.29) is 0 Å². The van der Waals surface area contributed by atoms with Crippen molar-refractivity contribution in [1.82, 2.24) is 9.99 Å². The second kappa shape index (κ2) is 8.65. The number of aromatic nitrogens is 1. The first-order valence-electron chi connectivity index (χ1n) is 9.77. The van der Waals surface area contributed by atoms with Crippen molar-refractivity contribution in [2.45, 2.75) is 20.0 Å². The van der Waals surface area contributed by atoms with Gasteiger partial charge in [-0.2, -0.15) is 5.10 Å². The first-order valence-corrected chi connectivity index (χ1v) is 9.77. The normalized spacial score (nSPS) is 11.2. The number of methoxy groups -OCH3 is 1. The van der Waals surface area contributed by atoms with Gasteiger partial charge in [0.2, 0.25) is 0 Å². The molecule has 3 aromatic carbocycles. The standard InChI is InChI=1S/C25H25N3O/c1-19-23(17-27-26-16-21-12-6-9-15-25(21)29-2)22-13-7-8-14-24(22)28(19)18-20-10-4-3-5-11-20/h3-15,17,26H,16,18H2,1-2H3/b27-17+. The van der Waals surface area contributed by atoms with Gasteiger partial charge < -0.3 is 14.7 Å². The van der Waals surface area contributed by atoms with Gasteiger partial charge in [-0.15, -0.1) is 0 Å². The first kappa shape index (κ1) is 18.8. The van der Waals surface area contributed by atoms with E-state index in [2.05, 4.69) is 76.6 Å². The molecule has 0 atom stereocenters. The molecule has 146 valence electrons. The molecule has 0 unspecified atom stereocenters. The molecule has 0 aliphatic carbocycles. The van der Waals surface area contributed by atoms with E-state index in [1.54, 1.807) is 7.11 Å². The highest BCUT2D eigenvalue weighted by Gasteiger charge is 2.12. The summed E-state index contributed by atoms with van der Waals surface area (Å²) in [5.74, 6) is 0.867. The Bertz CT molecular complexity index is 1130. The Labute approximate surface area is 171 Å². The lowest BCUT2D eigenvalue weighted by molar-refractivity contribution is 0.408. The summed E-state index contributed by atoms with van der Waals surface area (Å²) in [5, 5.41) is 5.71. The van der Waals surface area contributed by atoms with E-state index in [4.69, 9.17) is 4.74 Å². The molecule has 4 aromatic rings. The van der Waals surface area contributed by atoms with E-state index >= 15 is 0 Å². The van der Waals surface area contributed by atoms with Crippen molar-refractivity contribution in [1.29, 1.82) is 0 Å². The van der Waals surface area contributed by atoms with Gasteiger partial charge in [-0.3, -0.25) is 0 Å². The molecule has 0 spiro atoms. The summed E-state index contributed by atoms with van der Waals surface area (Å²) < 4.78 is 7.76. The lowest BCUT2D eigenvalue weighted by Gasteiger charge is -2.08. The van der Waals surface area contributed by atoms with Gasteiger partial charge >= 0.3 is 0 Å². The zero-order valence-corrected chi connectivity index (χ0v) is 16.8. The van der Waals surface area contributed by atoms with Gasteiger partial charge in [0.05, 0.1) is 19.9 Å². The zero-order valence-electron chi connectivity index (χ0n) is 16.8. The fourth-order valence-corrected chi connectivity index (χ4v) is 3.68. The molecule has 0 saturated carbocycles. The molecule has 1 aromatic heterocycles. The number of hydrazone groups is 1. The molecule has 1 N–H and O–H groups in total. The summed E-state index contributed by atoms with van der Waals surface area (Å²) in [6, 6.07) is 27.0. The molecule has 29 heavy (non-hydrogen) atoms. The summed E-state index contributed by atoms with van der Waals surface area (Å²) in [4.78, 5) is 0. The van der Waals surface area contributed by atoms with Crippen molar-refractivity contribution in [3.05, 3.63) is 101 Å². The van der Waals surface area contributed by atoms with Gasteiger partial charge in [0.15, 0.2) is 0 Å². The van der Waals surface area contributed by atoms with Crippen molar-refractivity contribution in [2.75, 3.05) is 7.11 Å². The van der Waals surface area contributed by atoms with E-state index < -0.39 is 0 Å². The minimum Gasteiger partial charge on any atom is -0.496 e. The van der Waals surface area contributed by atoms with E-state index in [1.807, 2.05) is 30.5 Å². The maximum absolute atomic E-state index is 5.40. The smallest absolute Gasteiger partial charge is 0.123 e. The highest BCUT2D eigenvalue weighted by Crippen LogP contribution is 2.25. The fourth-order valence-electron chi connectivity index (χ4n) is 3.68. The van der Waals surface area contributed by atoms with Crippen LogP contribution in [0.2, 0.25) is 0 Å². The third-order valence-electron chi connectivity index (χ3n) is 5.21. The molecule has 4 heteroatoms. The number of fused-ring (bicyclic) bond motifs is 1. The van der Waals surface area contributed by atoms with Crippen molar-refractivity contribution in [3.63, 3.8) is 0 Å². The van der Waals surface area contributed by atoms with Crippen molar-refractivity contribution < 1.29 is 4.74 Å². The summed E-state index contributed by atoms with van der Waals surface area (Å²) >= 11 is 0.